The number of nitrogens with zero attached hydrogens (tertiary/aromatic N) is 7. The van der Waals surface area contributed by atoms with Crippen LogP contribution in [0.1, 0.15) is 49.1 Å². The Morgan fingerprint density at radius 2 is 1.88 bits per heavy atom. The molecule has 3 fully saturated rings. The molecular weight excluding hydrogens is 510 g/mol. The summed E-state index contributed by atoms with van der Waals surface area (Å²) in [5.74, 6) is 1.12. The number of imide groups is 1. The lowest BCUT2D eigenvalue weighted by Gasteiger charge is -2.41. The molecule has 0 saturated carbocycles. The number of carbonyl (C=O) groups excluding carboxylic acids is 3. The summed E-state index contributed by atoms with van der Waals surface area (Å²) in [5.41, 5.74) is 7.29. The van der Waals surface area contributed by atoms with Crippen molar-refractivity contribution in [2.75, 3.05) is 49.1 Å². The van der Waals surface area contributed by atoms with Gasteiger partial charge in [0, 0.05) is 51.1 Å². The van der Waals surface area contributed by atoms with Gasteiger partial charge in [0.2, 0.25) is 5.91 Å². The topological polar surface area (TPSA) is 143 Å². The molecule has 2 unspecified atom stereocenters. The van der Waals surface area contributed by atoms with Crippen LogP contribution in [-0.4, -0.2) is 82.0 Å². The highest BCUT2D eigenvalue weighted by atomic mass is 16.2. The Kier molecular flexibility index (Phi) is 7.09. The second-order valence-corrected chi connectivity index (χ2v) is 11.2. The first kappa shape index (κ1) is 26.2. The first-order chi connectivity index (χ1) is 19.4. The number of nitrogens with two attached hydrogens (primary N) is 1. The molecule has 5 heterocycles. The third-order valence-electron chi connectivity index (χ3n) is 8.67. The summed E-state index contributed by atoms with van der Waals surface area (Å²) >= 11 is 0. The maximum absolute atomic E-state index is 12.4. The Balaban J connectivity index is 1.05. The number of amides is 4. The summed E-state index contributed by atoms with van der Waals surface area (Å²) in [6.45, 7) is 7.64. The van der Waals surface area contributed by atoms with Gasteiger partial charge in [0.15, 0.2) is 11.5 Å². The number of benzene rings is 1. The molecule has 12 nitrogen and oxygen atoms in total. The van der Waals surface area contributed by atoms with Gasteiger partial charge in [-0.25, -0.2) is 4.79 Å². The highest BCUT2D eigenvalue weighted by molar-refractivity contribution is 6.09. The minimum atomic E-state index is -0.564. The number of urea groups is 1. The van der Waals surface area contributed by atoms with Gasteiger partial charge in [-0.1, -0.05) is 13.0 Å². The highest BCUT2D eigenvalue weighted by Gasteiger charge is 2.31. The van der Waals surface area contributed by atoms with E-state index in [0.717, 1.165) is 74.4 Å². The van der Waals surface area contributed by atoms with Crippen LogP contribution in [0.15, 0.2) is 36.5 Å². The molecule has 210 valence electrons. The van der Waals surface area contributed by atoms with Gasteiger partial charge >= 0.3 is 6.03 Å². The van der Waals surface area contributed by atoms with E-state index in [-0.39, 0.29) is 17.6 Å². The summed E-state index contributed by atoms with van der Waals surface area (Å²) in [7, 11) is 0. The van der Waals surface area contributed by atoms with Crippen molar-refractivity contribution >= 4 is 40.3 Å². The molecule has 1 aromatic carbocycles. The van der Waals surface area contributed by atoms with Gasteiger partial charge in [-0.05, 0) is 55.4 Å². The summed E-state index contributed by atoms with van der Waals surface area (Å²) in [5, 5.41) is 16.3. The first-order valence-electron chi connectivity index (χ1n) is 14.1. The predicted molar refractivity (Wildman–Crippen MR) is 150 cm³/mol. The lowest BCUT2D eigenvalue weighted by molar-refractivity contribution is -0.120. The number of fused-ring (bicyclic) bond motifs is 1. The average Bonchev–Trinajstić information content (AvgIpc) is 3.39. The van der Waals surface area contributed by atoms with Gasteiger partial charge in [-0.3, -0.25) is 24.5 Å². The Morgan fingerprint density at radius 3 is 2.58 bits per heavy atom. The van der Waals surface area contributed by atoms with Crippen LogP contribution in [0.2, 0.25) is 0 Å². The van der Waals surface area contributed by atoms with Crippen LogP contribution in [0.5, 0.6) is 0 Å². The Hall–Kier alpha value is -4.06. The molecular formula is C28H35N9O3. The zero-order valence-corrected chi connectivity index (χ0v) is 22.7. The molecule has 0 spiro atoms. The SMILES string of the molecule is CC1CN(c2ccc(C(N)=O)nn2)CCC1CN1CCC(n2ncc3c(N4CCC(=O)NC4=O)cccc32)CC1. The van der Waals surface area contributed by atoms with Crippen molar-refractivity contribution in [3.63, 3.8) is 0 Å². The highest BCUT2D eigenvalue weighted by Crippen LogP contribution is 2.33. The van der Waals surface area contributed by atoms with Crippen molar-refractivity contribution in [3.05, 3.63) is 42.2 Å². The number of hydrogen-bond acceptors (Lipinski definition) is 8. The van der Waals surface area contributed by atoms with Crippen molar-refractivity contribution in [2.24, 2.45) is 17.6 Å². The Labute approximate surface area is 232 Å². The van der Waals surface area contributed by atoms with E-state index in [1.54, 1.807) is 11.0 Å². The van der Waals surface area contributed by atoms with Crippen LogP contribution in [0, 0.1) is 11.8 Å². The molecule has 0 bridgehead atoms. The van der Waals surface area contributed by atoms with Gasteiger partial charge in [0.05, 0.1) is 23.4 Å². The number of piperidine rings is 2. The van der Waals surface area contributed by atoms with Crippen molar-refractivity contribution in [3.8, 4) is 0 Å². The van der Waals surface area contributed by atoms with Crippen LogP contribution in [0.4, 0.5) is 16.3 Å². The van der Waals surface area contributed by atoms with Gasteiger partial charge < -0.3 is 15.5 Å². The number of aromatic nitrogens is 4. The molecule has 2 atom stereocenters. The number of anilines is 2. The third kappa shape index (κ3) is 5.10. The maximum Gasteiger partial charge on any atom is 0.328 e. The summed E-state index contributed by atoms with van der Waals surface area (Å²) in [4.78, 5) is 41.8. The Bertz CT molecular complexity index is 1410. The summed E-state index contributed by atoms with van der Waals surface area (Å²) in [6.07, 6.45) is 5.28. The fourth-order valence-electron chi connectivity index (χ4n) is 6.35. The monoisotopic (exact) mass is 545 g/mol. The molecule has 3 aromatic rings. The fourth-order valence-corrected chi connectivity index (χ4v) is 6.35. The van der Waals surface area contributed by atoms with E-state index in [1.807, 2.05) is 24.4 Å². The van der Waals surface area contributed by atoms with E-state index in [2.05, 4.69) is 43.0 Å². The van der Waals surface area contributed by atoms with Crippen LogP contribution >= 0.6 is 0 Å². The minimum absolute atomic E-state index is 0.186. The zero-order valence-electron chi connectivity index (χ0n) is 22.7. The molecule has 4 amide bonds. The quantitative estimate of drug-likeness (QED) is 0.480. The number of rotatable bonds is 6. The van der Waals surface area contributed by atoms with Crippen LogP contribution in [0.3, 0.4) is 0 Å². The molecule has 0 aliphatic carbocycles. The predicted octanol–water partition coefficient (Wildman–Crippen LogP) is 2.17. The molecule has 3 N–H and O–H groups in total. The maximum atomic E-state index is 12.4. The van der Waals surface area contributed by atoms with E-state index < -0.39 is 5.91 Å². The second-order valence-electron chi connectivity index (χ2n) is 11.2. The van der Waals surface area contributed by atoms with E-state index in [0.29, 0.717) is 30.8 Å². The molecule has 6 rings (SSSR count). The molecule has 40 heavy (non-hydrogen) atoms. The van der Waals surface area contributed by atoms with Crippen molar-refractivity contribution in [1.82, 2.24) is 30.2 Å². The van der Waals surface area contributed by atoms with Crippen molar-refractivity contribution < 1.29 is 14.4 Å². The third-order valence-corrected chi connectivity index (χ3v) is 8.67. The van der Waals surface area contributed by atoms with Crippen molar-refractivity contribution in [1.29, 1.82) is 0 Å². The van der Waals surface area contributed by atoms with Crippen LogP contribution in [0.25, 0.3) is 10.9 Å². The lowest BCUT2D eigenvalue weighted by Crippen LogP contribution is -2.49. The standard InChI is InChI=1S/C28H35N9O3/c1-18-16-35(25-6-5-22(27(29)39)32-33-25)13-7-19(18)17-34-11-8-20(9-12-34)37-24-4-2-3-23(21(24)15-30-37)36-14-10-26(38)31-28(36)40/h2-6,15,18-20H,7-14,16-17H2,1H3,(H2,29,39)(H,31,38,40). The van der Waals surface area contributed by atoms with Gasteiger partial charge in [0.1, 0.15) is 0 Å². The molecule has 3 aliphatic rings. The Morgan fingerprint density at radius 1 is 1.05 bits per heavy atom. The van der Waals surface area contributed by atoms with Gasteiger partial charge in [0.25, 0.3) is 5.91 Å². The van der Waals surface area contributed by atoms with Gasteiger partial charge in [-0.15, -0.1) is 10.2 Å². The zero-order chi connectivity index (χ0) is 27.8. The van der Waals surface area contributed by atoms with E-state index >= 15 is 0 Å². The van der Waals surface area contributed by atoms with Crippen molar-refractivity contribution in [2.45, 2.75) is 38.6 Å². The second kappa shape index (κ2) is 10.8. The normalized spacial score (nSPS) is 23.0. The van der Waals surface area contributed by atoms with E-state index in [4.69, 9.17) is 10.8 Å². The number of hydrogen-bond donors (Lipinski definition) is 2. The van der Waals surface area contributed by atoms with Crippen LogP contribution in [-0.2, 0) is 4.79 Å². The molecule has 0 radical (unpaired) electrons. The smallest absolute Gasteiger partial charge is 0.328 e. The number of primary amides is 1. The molecule has 12 heteroatoms. The number of carbonyl (C=O) groups is 3. The summed E-state index contributed by atoms with van der Waals surface area (Å²) in [6, 6.07) is 9.34. The van der Waals surface area contributed by atoms with E-state index in [1.165, 1.54) is 0 Å². The number of likely N-dealkylation sites (tertiary alicyclic amines) is 1. The summed E-state index contributed by atoms with van der Waals surface area (Å²) < 4.78 is 2.12. The number of nitrogens with one attached hydrogen (secondary N) is 1. The molecule has 3 saturated heterocycles. The van der Waals surface area contributed by atoms with E-state index in [9.17, 15) is 14.4 Å². The van der Waals surface area contributed by atoms with Gasteiger partial charge in [-0.2, -0.15) is 5.10 Å². The molecule has 2 aromatic heterocycles. The average molecular weight is 546 g/mol. The fraction of sp³-hybridized carbons (Fsp3) is 0.500. The first-order valence-corrected chi connectivity index (χ1v) is 14.1. The van der Waals surface area contributed by atoms with Crippen LogP contribution < -0.4 is 20.9 Å². The minimum Gasteiger partial charge on any atom is -0.364 e. The molecule has 3 aliphatic heterocycles. The lowest BCUT2D eigenvalue weighted by atomic mass is 9.86. The largest absolute Gasteiger partial charge is 0.364 e.